The van der Waals surface area contributed by atoms with Gasteiger partial charge in [-0.05, 0) is 24.5 Å². The normalized spacial score (nSPS) is 13.4. The Morgan fingerprint density at radius 3 is 2.90 bits per heavy atom. The van der Waals surface area contributed by atoms with Crippen molar-refractivity contribution in [3.63, 3.8) is 0 Å². The number of aryl methyl sites for hydroxylation is 1. The molecule has 0 bridgehead atoms. The molecular formula is C15H20N2O3. The molecule has 1 aromatic carbocycles. The molecule has 20 heavy (non-hydrogen) atoms. The van der Waals surface area contributed by atoms with Gasteiger partial charge in [-0.15, -0.1) is 0 Å². The smallest absolute Gasteiger partial charge is 0.224 e. The number of benzene rings is 1. The van der Waals surface area contributed by atoms with Crippen LogP contribution in [0.4, 0.5) is 5.69 Å². The molecule has 2 rings (SSSR count). The number of amides is 2. The summed E-state index contributed by atoms with van der Waals surface area (Å²) in [7, 11) is 3.49. The zero-order chi connectivity index (χ0) is 14.5. The zero-order valence-electron chi connectivity index (χ0n) is 11.9. The van der Waals surface area contributed by atoms with E-state index >= 15 is 0 Å². The Morgan fingerprint density at radius 1 is 1.35 bits per heavy atom. The molecule has 0 saturated carbocycles. The van der Waals surface area contributed by atoms with E-state index in [1.165, 1.54) is 0 Å². The Balaban J connectivity index is 1.83. The number of carbonyl (C=O) groups is 2. The van der Waals surface area contributed by atoms with Gasteiger partial charge in [0.1, 0.15) is 5.75 Å². The fourth-order valence-electron chi connectivity index (χ4n) is 2.08. The van der Waals surface area contributed by atoms with Crippen molar-refractivity contribution in [1.82, 2.24) is 4.90 Å². The molecule has 1 aliphatic heterocycles. The first-order chi connectivity index (χ1) is 9.56. The van der Waals surface area contributed by atoms with Gasteiger partial charge >= 0.3 is 0 Å². The molecule has 0 unspecified atom stereocenters. The van der Waals surface area contributed by atoms with Crippen LogP contribution in [-0.4, -0.2) is 37.4 Å². The maximum absolute atomic E-state index is 11.4. The van der Waals surface area contributed by atoms with E-state index in [0.717, 1.165) is 23.4 Å². The van der Waals surface area contributed by atoms with Crippen molar-refractivity contribution in [3.05, 3.63) is 23.8 Å². The first-order valence-electron chi connectivity index (χ1n) is 6.82. The molecule has 0 aliphatic carbocycles. The van der Waals surface area contributed by atoms with E-state index in [-0.39, 0.29) is 11.8 Å². The highest BCUT2D eigenvalue weighted by molar-refractivity contribution is 5.94. The van der Waals surface area contributed by atoms with Crippen molar-refractivity contribution in [1.29, 1.82) is 0 Å². The highest BCUT2D eigenvalue weighted by Gasteiger charge is 2.15. The molecule has 1 N–H and O–H groups in total. The maximum Gasteiger partial charge on any atom is 0.224 e. The summed E-state index contributed by atoms with van der Waals surface area (Å²) in [6.45, 7) is 0.492. The average Bonchev–Trinajstić information content (AvgIpc) is 2.42. The van der Waals surface area contributed by atoms with Gasteiger partial charge in [-0.2, -0.15) is 0 Å². The van der Waals surface area contributed by atoms with Gasteiger partial charge in [0, 0.05) is 38.7 Å². The van der Waals surface area contributed by atoms with E-state index in [1.807, 2.05) is 18.2 Å². The second-order valence-electron chi connectivity index (χ2n) is 5.11. The van der Waals surface area contributed by atoms with E-state index < -0.39 is 0 Å². The van der Waals surface area contributed by atoms with Crippen LogP contribution >= 0.6 is 0 Å². The first-order valence-corrected chi connectivity index (χ1v) is 6.82. The van der Waals surface area contributed by atoms with Crippen molar-refractivity contribution in [2.45, 2.75) is 25.7 Å². The number of hydrogen-bond donors (Lipinski definition) is 1. The van der Waals surface area contributed by atoms with Gasteiger partial charge < -0.3 is 15.0 Å². The summed E-state index contributed by atoms with van der Waals surface area (Å²) >= 11 is 0. The lowest BCUT2D eigenvalue weighted by Crippen LogP contribution is -2.21. The monoisotopic (exact) mass is 276 g/mol. The third-order valence-electron chi connectivity index (χ3n) is 3.28. The lowest BCUT2D eigenvalue weighted by atomic mass is 10.0. The van der Waals surface area contributed by atoms with E-state index in [9.17, 15) is 9.59 Å². The zero-order valence-corrected chi connectivity index (χ0v) is 11.9. The number of fused-ring (bicyclic) bond motifs is 1. The fraction of sp³-hybridized carbons (Fsp3) is 0.467. The van der Waals surface area contributed by atoms with Crippen LogP contribution in [-0.2, 0) is 16.0 Å². The molecular weight excluding hydrogens is 256 g/mol. The molecule has 5 nitrogen and oxygen atoms in total. The maximum atomic E-state index is 11.4. The second-order valence-corrected chi connectivity index (χ2v) is 5.11. The van der Waals surface area contributed by atoms with Crippen LogP contribution in [0.15, 0.2) is 18.2 Å². The van der Waals surface area contributed by atoms with Crippen molar-refractivity contribution in [2.24, 2.45) is 0 Å². The molecule has 5 heteroatoms. The van der Waals surface area contributed by atoms with Gasteiger partial charge in [-0.25, -0.2) is 0 Å². The molecule has 0 fully saturated rings. The first kappa shape index (κ1) is 14.4. The number of ether oxygens (including phenoxy) is 1. The summed E-state index contributed by atoms with van der Waals surface area (Å²) < 4.78 is 5.62. The van der Waals surface area contributed by atoms with Crippen molar-refractivity contribution in [3.8, 4) is 5.75 Å². The van der Waals surface area contributed by atoms with Crippen LogP contribution in [0.2, 0.25) is 0 Å². The van der Waals surface area contributed by atoms with Crippen LogP contribution in [0.5, 0.6) is 5.75 Å². The summed E-state index contributed by atoms with van der Waals surface area (Å²) in [6, 6.07) is 5.74. The van der Waals surface area contributed by atoms with Gasteiger partial charge in [0.15, 0.2) is 0 Å². The predicted octanol–water partition coefficient (Wildman–Crippen LogP) is 1.82. The fourth-order valence-corrected chi connectivity index (χ4v) is 2.08. The standard InChI is InChI=1S/C15H20N2O3/c1-17(2)15(19)4-3-9-20-12-7-5-11-6-8-14(18)16-13(11)10-12/h5,7,10H,3-4,6,8-9H2,1-2H3,(H,16,18). The minimum atomic E-state index is 0.0474. The van der Waals surface area contributed by atoms with Crippen molar-refractivity contribution < 1.29 is 14.3 Å². The SMILES string of the molecule is CN(C)C(=O)CCCOc1ccc2c(c1)NC(=O)CC2. The molecule has 0 atom stereocenters. The Hall–Kier alpha value is -2.04. The summed E-state index contributed by atoms with van der Waals surface area (Å²) in [5.74, 6) is 0.876. The summed E-state index contributed by atoms with van der Waals surface area (Å²) in [4.78, 5) is 24.3. The van der Waals surface area contributed by atoms with Crippen LogP contribution in [0.3, 0.4) is 0 Å². The van der Waals surface area contributed by atoms with Crippen molar-refractivity contribution >= 4 is 17.5 Å². The number of nitrogens with one attached hydrogen (secondary N) is 1. The lowest BCUT2D eigenvalue weighted by molar-refractivity contribution is -0.128. The largest absolute Gasteiger partial charge is 0.494 e. The molecule has 108 valence electrons. The van der Waals surface area contributed by atoms with Gasteiger partial charge in [0.05, 0.1) is 6.61 Å². The van der Waals surface area contributed by atoms with E-state index in [0.29, 0.717) is 25.9 Å². The minimum Gasteiger partial charge on any atom is -0.494 e. The van der Waals surface area contributed by atoms with Crippen LogP contribution < -0.4 is 10.1 Å². The average molecular weight is 276 g/mol. The molecule has 0 spiro atoms. The number of anilines is 1. The van der Waals surface area contributed by atoms with Crippen LogP contribution in [0.1, 0.15) is 24.8 Å². The van der Waals surface area contributed by atoms with E-state index in [4.69, 9.17) is 4.74 Å². The van der Waals surface area contributed by atoms with Gasteiger partial charge in [0.25, 0.3) is 0 Å². The summed E-state index contributed by atoms with van der Waals surface area (Å²) in [6.07, 6.45) is 2.48. The molecule has 0 saturated heterocycles. The number of carbonyl (C=O) groups excluding carboxylic acids is 2. The van der Waals surface area contributed by atoms with Gasteiger partial charge in [0.2, 0.25) is 11.8 Å². The van der Waals surface area contributed by atoms with Crippen LogP contribution in [0, 0.1) is 0 Å². The topological polar surface area (TPSA) is 58.6 Å². The lowest BCUT2D eigenvalue weighted by Gasteiger charge is -2.17. The predicted molar refractivity (Wildman–Crippen MR) is 76.8 cm³/mol. The third kappa shape index (κ3) is 3.73. The third-order valence-corrected chi connectivity index (χ3v) is 3.28. The van der Waals surface area contributed by atoms with Crippen LogP contribution in [0.25, 0.3) is 0 Å². The highest BCUT2D eigenvalue weighted by Crippen LogP contribution is 2.27. The molecule has 1 aromatic rings. The van der Waals surface area contributed by atoms with Gasteiger partial charge in [-0.3, -0.25) is 9.59 Å². The second kappa shape index (κ2) is 6.41. The molecule has 0 radical (unpaired) electrons. The molecule has 0 aromatic heterocycles. The van der Waals surface area contributed by atoms with Gasteiger partial charge in [-0.1, -0.05) is 6.07 Å². The Bertz CT molecular complexity index is 512. The minimum absolute atomic E-state index is 0.0474. The van der Waals surface area contributed by atoms with Crippen molar-refractivity contribution in [2.75, 3.05) is 26.0 Å². The summed E-state index contributed by atoms with van der Waals surface area (Å²) in [5, 5.41) is 2.84. The molecule has 1 heterocycles. The number of hydrogen-bond acceptors (Lipinski definition) is 3. The van der Waals surface area contributed by atoms with E-state index in [2.05, 4.69) is 5.32 Å². The Morgan fingerprint density at radius 2 is 2.15 bits per heavy atom. The number of nitrogens with zero attached hydrogens (tertiary/aromatic N) is 1. The summed E-state index contributed by atoms with van der Waals surface area (Å²) in [5.41, 5.74) is 1.97. The molecule has 2 amide bonds. The quantitative estimate of drug-likeness (QED) is 0.835. The Kier molecular flexibility index (Phi) is 4.61. The highest BCUT2D eigenvalue weighted by atomic mass is 16.5. The molecule has 1 aliphatic rings. The Labute approximate surface area is 118 Å². The van der Waals surface area contributed by atoms with E-state index in [1.54, 1.807) is 19.0 Å². The number of rotatable bonds is 5.